The van der Waals surface area contributed by atoms with Crippen molar-refractivity contribution >= 4 is 45.4 Å². The molecule has 0 aliphatic heterocycles. The molecule has 8 rings (SSSR count). The van der Waals surface area contributed by atoms with Gasteiger partial charge in [-0.25, -0.2) is 0 Å². The van der Waals surface area contributed by atoms with Gasteiger partial charge < -0.3 is 9.13 Å². The first kappa shape index (κ1) is 25.8. The van der Waals surface area contributed by atoms with E-state index in [4.69, 9.17) is 6.58 Å². The van der Waals surface area contributed by atoms with E-state index in [0.29, 0.717) is 6.04 Å². The number of aromatic nitrogens is 3. The van der Waals surface area contributed by atoms with Crippen LogP contribution in [0.25, 0.3) is 62.2 Å². The Kier molecular flexibility index (Phi) is 6.26. The minimum atomic E-state index is 0.475. The van der Waals surface area contributed by atoms with Crippen LogP contribution >= 0.6 is 0 Å². The fourth-order valence-electron chi connectivity index (χ4n) is 7.53. The fraction of sp³-hybridized carbons (Fsp3) is 0.175. The van der Waals surface area contributed by atoms with Crippen LogP contribution in [0.3, 0.4) is 0 Å². The first-order chi connectivity index (χ1) is 21.2. The summed E-state index contributed by atoms with van der Waals surface area (Å²) in [4.78, 5) is 4.62. The Labute approximate surface area is 251 Å². The Morgan fingerprint density at radius 1 is 0.721 bits per heavy atom. The molecular formula is C40H35N3. The van der Waals surface area contributed by atoms with Gasteiger partial charge in [-0.3, -0.25) is 4.98 Å². The van der Waals surface area contributed by atoms with Crippen molar-refractivity contribution in [3.63, 3.8) is 0 Å². The van der Waals surface area contributed by atoms with Gasteiger partial charge in [0.1, 0.15) is 0 Å². The largest absolute Gasteiger partial charge is 0.336 e. The third-order valence-corrected chi connectivity index (χ3v) is 9.44. The predicted molar refractivity (Wildman–Crippen MR) is 181 cm³/mol. The van der Waals surface area contributed by atoms with Crippen LogP contribution in [-0.2, 0) is 0 Å². The molecule has 3 heteroatoms. The Morgan fingerprint density at radius 3 is 2.30 bits per heavy atom. The molecule has 0 N–H and O–H groups in total. The highest BCUT2D eigenvalue weighted by molar-refractivity contribution is 5.95. The monoisotopic (exact) mass is 557 g/mol. The minimum absolute atomic E-state index is 0.475. The molecule has 43 heavy (non-hydrogen) atoms. The van der Waals surface area contributed by atoms with Crippen LogP contribution in [0.15, 0.2) is 109 Å². The summed E-state index contributed by atoms with van der Waals surface area (Å²) in [6, 6.07) is 37.7. The van der Waals surface area contributed by atoms with Crippen molar-refractivity contribution in [2.24, 2.45) is 0 Å². The highest BCUT2D eigenvalue weighted by Gasteiger charge is 2.21. The van der Waals surface area contributed by atoms with Crippen molar-refractivity contribution < 1.29 is 0 Å². The van der Waals surface area contributed by atoms with Gasteiger partial charge in [0.25, 0.3) is 0 Å². The molecular weight excluding hydrogens is 522 g/mol. The summed E-state index contributed by atoms with van der Waals surface area (Å²) >= 11 is 0. The highest BCUT2D eigenvalue weighted by atomic mass is 15.0. The van der Waals surface area contributed by atoms with Crippen LogP contribution in [0.4, 0.5) is 0 Å². The molecule has 7 aromatic rings. The first-order valence-corrected chi connectivity index (χ1v) is 15.6. The van der Waals surface area contributed by atoms with Gasteiger partial charge in [-0.05, 0) is 67.3 Å². The summed E-state index contributed by atoms with van der Waals surface area (Å²) in [7, 11) is 0. The Bertz CT molecular complexity index is 2360. The van der Waals surface area contributed by atoms with E-state index in [9.17, 15) is 0 Å². The van der Waals surface area contributed by atoms with E-state index in [2.05, 4.69) is 124 Å². The molecule has 0 spiro atoms. The number of nitrogens with zero attached hydrogens (tertiary/aromatic N) is 3. The van der Waals surface area contributed by atoms with Crippen LogP contribution in [0.1, 0.15) is 45.1 Å². The fourth-order valence-corrected chi connectivity index (χ4v) is 7.53. The predicted octanol–water partition coefficient (Wildman–Crippen LogP) is 8.80. The summed E-state index contributed by atoms with van der Waals surface area (Å²) in [5.74, 6) is 0. The lowest BCUT2D eigenvalue weighted by atomic mass is 9.95. The number of fused-ring (bicyclic) bond motifs is 3. The van der Waals surface area contributed by atoms with Crippen molar-refractivity contribution in [2.75, 3.05) is 0 Å². The number of hydrogen-bond donors (Lipinski definition) is 0. The van der Waals surface area contributed by atoms with Gasteiger partial charge in [0.2, 0.25) is 0 Å². The number of benzene rings is 4. The van der Waals surface area contributed by atoms with Gasteiger partial charge in [-0.2, -0.15) is 0 Å². The molecule has 1 saturated carbocycles. The van der Waals surface area contributed by atoms with E-state index in [-0.39, 0.29) is 0 Å². The molecule has 1 aliphatic carbocycles. The number of para-hydroxylation sites is 2. The average Bonchev–Trinajstić information content (AvgIpc) is 3.56. The lowest BCUT2D eigenvalue weighted by Gasteiger charge is -2.25. The van der Waals surface area contributed by atoms with E-state index in [0.717, 1.165) is 21.8 Å². The maximum Gasteiger partial charge on any atom is 0.0779 e. The van der Waals surface area contributed by atoms with Crippen LogP contribution in [-0.4, -0.2) is 14.1 Å². The molecule has 0 saturated heterocycles. The normalized spacial score (nSPS) is 15.6. The maximum absolute atomic E-state index is 4.77. The molecule has 3 aromatic heterocycles. The maximum atomic E-state index is 4.77. The average molecular weight is 558 g/mol. The van der Waals surface area contributed by atoms with Gasteiger partial charge in [0.05, 0.1) is 21.7 Å². The lowest BCUT2D eigenvalue weighted by molar-refractivity contribution is 0.356. The van der Waals surface area contributed by atoms with E-state index in [1.54, 1.807) is 0 Å². The zero-order valence-electron chi connectivity index (χ0n) is 24.6. The lowest BCUT2D eigenvalue weighted by Crippen LogP contribution is -2.18. The molecule has 0 atom stereocenters. The SMILES string of the molecule is C=c1/c(=c2\c(=C/C)c3ccccc3n2C2CCCCC2)n(-c2cccc(-c3cccc4ncccc34)c2)c2ccccc12. The molecule has 0 radical (unpaired) electrons. The highest BCUT2D eigenvalue weighted by Crippen LogP contribution is 2.33. The van der Waals surface area contributed by atoms with Gasteiger partial charge in [0, 0.05) is 50.0 Å². The molecule has 3 nitrogen and oxygen atoms in total. The van der Waals surface area contributed by atoms with E-state index >= 15 is 0 Å². The second-order valence-corrected chi connectivity index (χ2v) is 11.8. The molecule has 210 valence electrons. The van der Waals surface area contributed by atoms with Crippen molar-refractivity contribution in [3.05, 3.63) is 130 Å². The third kappa shape index (κ3) is 4.06. The topological polar surface area (TPSA) is 22.8 Å². The molecule has 1 fully saturated rings. The molecule has 0 amide bonds. The first-order valence-electron chi connectivity index (χ1n) is 15.6. The molecule has 0 unspecified atom stereocenters. The van der Waals surface area contributed by atoms with Crippen LogP contribution in [0.5, 0.6) is 0 Å². The Balaban J connectivity index is 1.54. The molecule has 1 aliphatic rings. The van der Waals surface area contributed by atoms with Crippen molar-refractivity contribution in [1.29, 1.82) is 0 Å². The third-order valence-electron chi connectivity index (χ3n) is 9.44. The summed E-state index contributed by atoms with van der Waals surface area (Å²) in [5.41, 5.74) is 7.03. The summed E-state index contributed by atoms with van der Waals surface area (Å²) < 4.78 is 5.13. The van der Waals surface area contributed by atoms with Gasteiger partial charge in [-0.1, -0.05) is 98.6 Å². The van der Waals surface area contributed by atoms with Crippen molar-refractivity contribution in [3.8, 4) is 16.8 Å². The number of rotatable bonds is 3. The van der Waals surface area contributed by atoms with E-state index < -0.39 is 0 Å². The number of hydrogen-bond acceptors (Lipinski definition) is 1. The van der Waals surface area contributed by atoms with Gasteiger partial charge >= 0.3 is 0 Å². The van der Waals surface area contributed by atoms with Crippen LogP contribution in [0.2, 0.25) is 0 Å². The Morgan fingerprint density at radius 2 is 1.47 bits per heavy atom. The molecule has 0 bridgehead atoms. The zero-order chi connectivity index (χ0) is 28.9. The summed E-state index contributed by atoms with van der Waals surface area (Å²) in [6.07, 6.45) is 10.5. The van der Waals surface area contributed by atoms with Crippen LogP contribution in [0, 0.1) is 10.7 Å². The second-order valence-electron chi connectivity index (χ2n) is 11.8. The van der Waals surface area contributed by atoms with Crippen molar-refractivity contribution in [1.82, 2.24) is 14.1 Å². The van der Waals surface area contributed by atoms with E-state index in [1.165, 1.54) is 81.0 Å². The minimum Gasteiger partial charge on any atom is -0.336 e. The van der Waals surface area contributed by atoms with Crippen LogP contribution < -0.4 is 10.4 Å². The zero-order valence-corrected chi connectivity index (χ0v) is 24.6. The Hall–Kier alpha value is -4.89. The van der Waals surface area contributed by atoms with Crippen molar-refractivity contribution in [2.45, 2.75) is 45.1 Å². The standard InChI is InChI=1S/C40H35N3/c1-3-31-35-19-8-10-24-38(35)42(29-15-5-4-6-16-29)40(31)39-27(2)32-18-7-9-23-37(32)43(39)30-17-11-14-28(26-30)33-20-12-22-36-34(33)21-13-25-41-36/h3,7-14,17-26,29H,2,4-6,15-16H2,1H3/b31-3-,40-39-. The smallest absolute Gasteiger partial charge is 0.0779 e. The molecule has 3 heterocycles. The number of pyridine rings is 1. The van der Waals surface area contributed by atoms with Gasteiger partial charge in [-0.15, -0.1) is 0 Å². The van der Waals surface area contributed by atoms with Gasteiger partial charge in [0.15, 0.2) is 0 Å². The summed E-state index contributed by atoms with van der Waals surface area (Å²) in [6.45, 7) is 6.95. The molecule has 4 aromatic carbocycles. The second kappa shape index (κ2) is 10.4. The van der Waals surface area contributed by atoms with E-state index in [1.807, 2.05) is 12.3 Å². The summed E-state index contributed by atoms with van der Waals surface area (Å²) in [5, 5.41) is 8.53. The quantitative estimate of drug-likeness (QED) is 0.213.